The highest BCUT2D eigenvalue weighted by molar-refractivity contribution is 6.62. The number of nitrogens with one attached hydrogen (secondary N) is 2. The molecule has 1 aromatic heterocycles. The van der Waals surface area contributed by atoms with Crippen LogP contribution in [0.2, 0.25) is 5.82 Å². The van der Waals surface area contributed by atoms with E-state index in [-0.39, 0.29) is 17.3 Å². The summed E-state index contributed by atoms with van der Waals surface area (Å²) in [5.41, 5.74) is 1.19. The number of carbonyl (C=O) groups is 2. The van der Waals surface area contributed by atoms with Crippen LogP contribution in [0.1, 0.15) is 68.4 Å². The Balaban J connectivity index is 1.53. The van der Waals surface area contributed by atoms with Crippen LogP contribution in [0.15, 0.2) is 48.9 Å². The lowest BCUT2D eigenvalue weighted by atomic mass is 9.51. The van der Waals surface area contributed by atoms with Crippen LogP contribution in [0, 0.1) is 5.92 Å². The highest BCUT2D eigenvalue weighted by atomic mass is 16.6. The number of carbonyl (C=O) groups excluding carboxylic acids is 2. The first-order valence-corrected chi connectivity index (χ1v) is 15.5. The molecule has 2 fully saturated rings. The SMILES string of the molecule is CNCCCCCC[N+]12CCO[B-]1([C@@H](CC(=O)[C@H](Cc1ccccc1)NC(=O)c1cnccn1)CC(C)C)OCC2. The summed E-state index contributed by atoms with van der Waals surface area (Å²) in [5.74, 6) is -0.0654. The van der Waals surface area contributed by atoms with Crippen LogP contribution in [-0.4, -0.2) is 85.2 Å². The molecule has 3 heterocycles. The monoisotopic (exact) mass is 565 g/mol. The molecule has 0 aliphatic carbocycles. The van der Waals surface area contributed by atoms with Crippen molar-refractivity contribution >= 4 is 18.4 Å². The topological polar surface area (TPSA) is 102 Å². The lowest BCUT2D eigenvalue weighted by Crippen LogP contribution is -2.66. The normalized spacial score (nSPS) is 23.3. The molecule has 224 valence electrons. The van der Waals surface area contributed by atoms with Gasteiger partial charge in [0.2, 0.25) is 0 Å². The third kappa shape index (κ3) is 7.80. The zero-order valence-corrected chi connectivity index (χ0v) is 25.1. The van der Waals surface area contributed by atoms with E-state index in [1.54, 1.807) is 0 Å². The fraction of sp³-hybridized carbons (Fsp3) is 0.613. The highest BCUT2D eigenvalue weighted by Crippen LogP contribution is 2.47. The van der Waals surface area contributed by atoms with Gasteiger partial charge in [-0.25, -0.2) is 4.98 Å². The van der Waals surface area contributed by atoms with Crippen molar-refractivity contribution in [2.45, 2.75) is 70.7 Å². The van der Waals surface area contributed by atoms with Gasteiger partial charge in [-0.1, -0.05) is 57.0 Å². The Kier molecular flexibility index (Phi) is 11.4. The van der Waals surface area contributed by atoms with Crippen molar-refractivity contribution in [2.24, 2.45) is 5.92 Å². The molecule has 2 N–H and O–H groups in total. The maximum Gasteiger partial charge on any atom is 0.476 e. The molecule has 0 spiro atoms. The van der Waals surface area contributed by atoms with E-state index in [2.05, 4.69) is 34.4 Å². The van der Waals surface area contributed by atoms with Crippen LogP contribution in [0.3, 0.4) is 0 Å². The van der Waals surface area contributed by atoms with Gasteiger partial charge in [-0.2, -0.15) is 0 Å². The Labute approximate surface area is 245 Å². The number of benzene rings is 1. The molecule has 2 saturated heterocycles. The van der Waals surface area contributed by atoms with Gasteiger partial charge in [-0.3, -0.25) is 14.6 Å². The molecule has 1 amide bonds. The van der Waals surface area contributed by atoms with E-state index < -0.39 is 18.6 Å². The highest BCUT2D eigenvalue weighted by Gasteiger charge is 2.62. The van der Waals surface area contributed by atoms with Crippen molar-refractivity contribution in [1.29, 1.82) is 0 Å². The number of aromatic nitrogens is 2. The molecule has 0 saturated carbocycles. The molecule has 10 heteroatoms. The smallest absolute Gasteiger partial charge is 0.476 e. The van der Waals surface area contributed by atoms with Crippen LogP contribution in [-0.2, 0) is 20.5 Å². The van der Waals surface area contributed by atoms with Crippen molar-refractivity contribution in [3.05, 3.63) is 60.2 Å². The Hall–Kier alpha value is -2.66. The van der Waals surface area contributed by atoms with Gasteiger partial charge in [0.1, 0.15) is 5.69 Å². The van der Waals surface area contributed by atoms with Crippen molar-refractivity contribution in [1.82, 2.24) is 20.6 Å². The predicted octanol–water partition coefficient (Wildman–Crippen LogP) is 3.79. The van der Waals surface area contributed by atoms with E-state index in [1.165, 1.54) is 37.9 Å². The number of hydrogen-bond donors (Lipinski definition) is 2. The van der Waals surface area contributed by atoms with Crippen molar-refractivity contribution in [3.8, 4) is 0 Å². The average molecular weight is 566 g/mol. The number of fused-ring (bicyclic) bond motifs is 1. The summed E-state index contributed by atoms with van der Waals surface area (Å²) >= 11 is 0. The average Bonchev–Trinajstić information content (AvgIpc) is 3.51. The molecule has 41 heavy (non-hydrogen) atoms. The first-order valence-electron chi connectivity index (χ1n) is 15.5. The fourth-order valence-corrected chi connectivity index (χ4v) is 7.00. The molecule has 0 radical (unpaired) electrons. The van der Waals surface area contributed by atoms with E-state index >= 15 is 0 Å². The summed E-state index contributed by atoms with van der Waals surface area (Å²) in [6.45, 7) is 8.00. The van der Waals surface area contributed by atoms with Gasteiger partial charge in [0, 0.05) is 18.9 Å². The van der Waals surface area contributed by atoms with E-state index in [9.17, 15) is 9.59 Å². The molecule has 2 aliphatic heterocycles. The lowest BCUT2D eigenvalue weighted by Gasteiger charge is -2.51. The molecular weight excluding hydrogens is 517 g/mol. The molecule has 4 rings (SSSR count). The van der Waals surface area contributed by atoms with Crippen molar-refractivity contribution in [3.63, 3.8) is 0 Å². The second-order valence-corrected chi connectivity index (χ2v) is 12.2. The summed E-state index contributed by atoms with van der Waals surface area (Å²) in [7, 11) is 2.00. The van der Waals surface area contributed by atoms with Crippen molar-refractivity contribution < 1.29 is 23.3 Å². The second kappa shape index (κ2) is 15.0. The van der Waals surface area contributed by atoms with Crippen molar-refractivity contribution in [2.75, 3.05) is 46.4 Å². The van der Waals surface area contributed by atoms with Crippen LogP contribution < -0.4 is 10.6 Å². The summed E-state index contributed by atoms with van der Waals surface area (Å²) in [6.07, 6.45) is 10.7. The molecule has 2 aromatic rings. The van der Waals surface area contributed by atoms with E-state index in [4.69, 9.17) is 9.31 Å². The predicted molar refractivity (Wildman–Crippen MR) is 161 cm³/mol. The Morgan fingerprint density at radius 3 is 2.41 bits per heavy atom. The van der Waals surface area contributed by atoms with Crippen LogP contribution >= 0.6 is 0 Å². The minimum Gasteiger partial charge on any atom is -0.509 e. The number of ketones is 1. The van der Waals surface area contributed by atoms with Gasteiger partial charge < -0.3 is 24.3 Å². The maximum absolute atomic E-state index is 14.1. The molecular formula is C31H48BN5O4. The third-order valence-electron chi connectivity index (χ3n) is 8.94. The Bertz CT molecular complexity index is 1090. The minimum absolute atomic E-state index is 0.00385. The van der Waals surface area contributed by atoms with Gasteiger partial charge in [0.05, 0.1) is 38.5 Å². The quantitative estimate of drug-likeness (QED) is 0.222. The maximum atomic E-state index is 14.1. The number of nitrogens with zero attached hydrogens (tertiary/aromatic N) is 3. The van der Waals surface area contributed by atoms with Gasteiger partial charge in [0.15, 0.2) is 5.78 Å². The molecule has 2 atom stereocenters. The molecule has 0 bridgehead atoms. The zero-order valence-electron chi connectivity index (χ0n) is 25.1. The standard InChI is InChI=1S/C31H48BN5O4/c1-25(2)21-27(32-37(17-19-40-32,18-20-41-32)16-10-5-4-9-13-33-3)23-30(38)28(22-26-11-7-6-8-12-26)36-31(39)29-24-34-14-15-35-29/h6-8,11-12,14-15,24-25,27-28,33H,4-5,9-10,13,16-23H2,1-3H3,(H,36,39)/t27-,28+,32?,37?/m1/s1. The molecule has 0 unspecified atom stereocenters. The first kappa shape index (κ1) is 31.3. The lowest BCUT2D eigenvalue weighted by molar-refractivity contribution is -0.823. The Morgan fingerprint density at radius 2 is 1.76 bits per heavy atom. The molecule has 1 aromatic carbocycles. The number of hydrogen-bond acceptors (Lipinski definition) is 7. The summed E-state index contributed by atoms with van der Waals surface area (Å²) < 4.78 is 14.1. The number of Topliss-reactive ketones (excluding diaryl/α,β-unsaturated/α-hetero) is 1. The summed E-state index contributed by atoms with van der Waals surface area (Å²) in [4.78, 5) is 35.4. The zero-order chi connectivity index (χ0) is 29.1. The van der Waals surface area contributed by atoms with Crippen LogP contribution in [0.4, 0.5) is 0 Å². The number of amides is 1. The fourth-order valence-electron chi connectivity index (χ4n) is 7.00. The van der Waals surface area contributed by atoms with Gasteiger partial charge in [-0.15, -0.1) is 0 Å². The van der Waals surface area contributed by atoms with Crippen LogP contribution in [0.25, 0.3) is 0 Å². The summed E-state index contributed by atoms with van der Waals surface area (Å²) in [5, 5.41) is 6.21. The minimum atomic E-state index is -1.68. The molecule has 9 nitrogen and oxygen atoms in total. The second-order valence-electron chi connectivity index (χ2n) is 12.2. The van der Waals surface area contributed by atoms with E-state index in [0.29, 0.717) is 32.0 Å². The Morgan fingerprint density at radius 1 is 1.02 bits per heavy atom. The third-order valence-corrected chi connectivity index (χ3v) is 8.94. The number of quaternary nitrogens is 1. The van der Waals surface area contributed by atoms with E-state index in [0.717, 1.165) is 49.0 Å². The first-order chi connectivity index (χ1) is 19.9. The summed E-state index contributed by atoms with van der Waals surface area (Å²) in [6, 6.07) is 9.14. The number of unbranched alkanes of at least 4 members (excludes halogenated alkanes) is 3. The molecule has 2 aliphatic rings. The van der Waals surface area contributed by atoms with Gasteiger partial charge >= 0.3 is 6.69 Å². The number of rotatable bonds is 17. The van der Waals surface area contributed by atoms with E-state index in [1.807, 2.05) is 37.4 Å². The van der Waals surface area contributed by atoms with Gasteiger partial charge in [0.25, 0.3) is 5.91 Å². The largest absolute Gasteiger partial charge is 0.509 e. The van der Waals surface area contributed by atoms with Gasteiger partial charge in [-0.05, 0) is 63.0 Å². The van der Waals surface area contributed by atoms with Crippen LogP contribution in [0.5, 0.6) is 0 Å².